The van der Waals surface area contributed by atoms with Crippen molar-refractivity contribution in [3.05, 3.63) is 40.7 Å². The predicted octanol–water partition coefficient (Wildman–Crippen LogP) is 5.12. The van der Waals surface area contributed by atoms with Crippen LogP contribution in [0.4, 0.5) is 0 Å². The lowest BCUT2D eigenvalue weighted by molar-refractivity contribution is 0.694. The molecule has 0 radical (unpaired) electrons. The van der Waals surface area contributed by atoms with Gasteiger partial charge in [0.05, 0.1) is 0 Å². The van der Waals surface area contributed by atoms with Crippen molar-refractivity contribution < 1.29 is 0 Å². The smallest absolute Gasteiger partial charge is 0.0410 e. The SMILES string of the molecule is CCCC/C(CC)=C(\C)C1C=Cc2[nH]ccc2C1. The van der Waals surface area contributed by atoms with Crippen molar-refractivity contribution in [3.63, 3.8) is 0 Å². The van der Waals surface area contributed by atoms with Crippen LogP contribution in [0.15, 0.2) is 29.5 Å². The van der Waals surface area contributed by atoms with Crippen molar-refractivity contribution in [2.75, 3.05) is 0 Å². The molecule has 1 heteroatoms. The van der Waals surface area contributed by atoms with Crippen molar-refractivity contribution in [2.24, 2.45) is 5.92 Å². The first kappa shape index (κ1) is 13.2. The fraction of sp³-hybridized carbons (Fsp3) is 0.529. The highest BCUT2D eigenvalue weighted by atomic mass is 14.7. The van der Waals surface area contributed by atoms with Crippen LogP contribution in [0.5, 0.6) is 0 Å². The molecule has 0 saturated heterocycles. The second-order valence-corrected chi connectivity index (χ2v) is 5.33. The average molecular weight is 243 g/mol. The van der Waals surface area contributed by atoms with Crippen molar-refractivity contribution in [1.82, 2.24) is 4.98 Å². The first-order chi connectivity index (χ1) is 8.76. The summed E-state index contributed by atoms with van der Waals surface area (Å²) in [6.45, 7) is 6.90. The first-order valence-electron chi connectivity index (χ1n) is 7.29. The van der Waals surface area contributed by atoms with Crippen LogP contribution in [-0.4, -0.2) is 4.98 Å². The Balaban J connectivity index is 2.14. The second-order valence-electron chi connectivity index (χ2n) is 5.33. The molecule has 18 heavy (non-hydrogen) atoms. The molecule has 0 fully saturated rings. The predicted molar refractivity (Wildman–Crippen MR) is 79.5 cm³/mol. The molecule has 1 aliphatic carbocycles. The van der Waals surface area contributed by atoms with E-state index in [0.29, 0.717) is 5.92 Å². The molecule has 1 aromatic heterocycles. The van der Waals surface area contributed by atoms with Gasteiger partial charge in [0.2, 0.25) is 0 Å². The summed E-state index contributed by atoms with van der Waals surface area (Å²) in [6.07, 6.45) is 12.9. The van der Waals surface area contributed by atoms with E-state index in [2.05, 4.69) is 44.0 Å². The Morgan fingerprint density at radius 3 is 2.94 bits per heavy atom. The van der Waals surface area contributed by atoms with Gasteiger partial charge in [0.25, 0.3) is 0 Å². The molecule has 98 valence electrons. The van der Waals surface area contributed by atoms with Crippen LogP contribution in [0.3, 0.4) is 0 Å². The van der Waals surface area contributed by atoms with E-state index in [1.54, 1.807) is 11.1 Å². The highest BCUT2D eigenvalue weighted by molar-refractivity contribution is 5.54. The van der Waals surface area contributed by atoms with Gasteiger partial charge >= 0.3 is 0 Å². The van der Waals surface area contributed by atoms with Crippen molar-refractivity contribution >= 4 is 6.08 Å². The Morgan fingerprint density at radius 1 is 1.39 bits per heavy atom. The molecule has 1 aliphatic rings. The highest BCUT2D eigenvalue weighted by Crippen LogP contribution is 2.30. The van der Waals surface area contributed by atoms with Gasteiger partial charge in [0.1, 0.15) is 0 Å². The molecule has 0 aromatic carbocycles. The topological polar surface area (TPSA) is 15.8 Å². The van der Waals surface area contributed by atoms with E-state index in [-0.39, 0.29) is 0 Å². The van der Waals surface area contributed by atoms with Crippen LogP contribution in [0.25, 0.3) is 6.08 Å². The van der Waals surface area contributed by atoms with Gasteiger partial charge in [-0.2, -0.15) is 0 Å². The van der Waals surface area contributed by atoms with E-state index in [4.69, 9.17) is 0 Å². The van der Waals surface area contributed by atoms with Crippen LogP contribution in [0.2, 0.25) is 0 Å². The number of nitrogens with one attached hydrogen (secondary N) is 1. The molecule has 0 aliphatic heterocycles. The zero-order chi connectivity index (χ0) is 13.0. The molecule has 1 atom stereocenters. The minimum atomic E-state index is 0.611. The lowest BCUT2D eigenvalue weighted by Crippen LogP contribution is -2.09. The van der Waals surface area contributed by atoms with Gasteiger partial charge < -0.3 is 4.98 Å². The molecule has 0 bridgehead atoms. The van der Waals surface area contributed by atoms with Gasteiger partial charge in [0, 0.05) is 17.8 Å². The molecule has 0 spiro atoms. The maximum atomic E-state index is 3.29. The Morgan fingerprint density at radius 2 is 2.22 bits per heavy atom. The van der Waals surface area contributed by atoms with E-state index in [0.717, 1.165) is 6.42 Å². The van der Waals surface area contributed by atoms with Crippen LogP contribution in [0.1, 0.15) is 57.7 Å². The van der Waals surface area contributed by atoms with Crippen molar-refractivity contribution in [3.8, 4) is 0 Å². The number of rotatable bonds is 5. The summed E-state index contributed by atoms with van der Waals surface area (Å²) in [5.74, 6) is 0.611. The standard InChI is InChI=1S/C17H25N/c1-4-6-7-14(5-2)13(3)15-8-9-17-16(12-15)10-11-18-17/h8-11,15,18H,4-7,12H2,1-3H3/b14-13+. The fourth-order valence-corrected chi connectivity index (χ4v) is 2.87. The second kappa shape index (κ2) is 6.08. The van der Waals surface area contributed by atoms with Gasteiger partial charge in [-0.3, -0.25) is 0 Å². The largest absolute Gasteiger partial charge is 0.361 e. The van der Waals surface area contributed by atoms with Gasteiger partial charge in [-0.25, -0.2) is 0 Å². The molecular weight excluding hydrogens is 218 g/mol. The summed E-state index contributed by atoms with van der Waals surface area (Å²) >= 11 is 0. The number of fused-ring (bicyclic) bond motifs is 1. The zero-order valence-electron chi connectivity index (χ0n) is 11.9. The average Bonchev–Trinajstić information content (AvgIpc) is 2.86. The third-order valence-corrected chi connectivity index (χ3v) is 4.18. The first-order valence-corrected chi connectivity index (χ1v) is 7.29. The van der Waals surface area contributed by atoms with E-state index in [9.17, 15) is 0 Å². The molecule has 1 nitrogen and oxygen atoms in total. The minimum Gasteiger partial charge on any atom is -0.361 e. The lowest BCUT2D eigenvalue weighted by atomic mass is 9.84. The fourth-order valence-electron chi connectivity index (χ4n) is 2.87. The molecular formula is C17H25N. The van der Waals surface area contributed by atoms with E-state index in [1.165, 1.54) is 36.9 Å². The summed E-state index contributed by atoms with van der Waals surface area (Å²) in [5, 5.41) is 0. The minimum absolute atomic E-state index is 0.611. The van der Waals surface area contributed by atoms with E-state index < -0.39 is 0 Å². The highest BCUT2D eigenvalue weighted by Gasteiger charge is 2.17. The van der Waals surface area contributed by atoms with Gasteiger partial charge in [-0.1, -0.05) is 37.5 Å². The number of allylic oxidation sites excluding steroid dienone is 3. The van der Waals surface area contributed by atoms with Gasteiger partial charge in [-0.15, -0.1) is 0 Å². The van der Waals surface area contributed by atoms with Crippen LogP contribution in [-0.2, 0) is 6.42 Å². The lowest BCUT2D eigenvalue weighted by Gasteiger charge is -2.21. The Bertz CT molecular complexity index is 448. The maximum Gasteiger partial charge on any atom is 0.0410 e. The molecule has 2 rings (SSSR count). The van der Waals surface area contributed by atoms with Crippen molar-refractivity contribution in [1.29, 1.82) is 0 Å². The Hall–Kier alpha value is -1.24. The zero-order valence-corrected chi connectivity index (χ0v) is 11.9. The number of H-pyrrole nitrogens is 1. The van der Waals surface area contributed by atoms with Crippen molar-refractivity contribution in [2.45, 2.75) is 52.9 Å². The number of unbranched alkanes of at least 4 members (excludes halogenated alkanes) is 1. The number of hydrogen-bond donors (Lipinski definition) is 1. The van der Waals surface area contributed by atoms with Crippen LogP contribution >= 0.6 is 0 Å². The molecule has 0 amide bonds. The van der Waals surface area contributed by atoms with Gasteiger partial charge in [0.15, 0.2) is 0 Å². The molecule has 0 saturated carbocycles. The Labute approximate surface area is 111 Å². The quantitative estimate of drug-likeness (QED) is 0.691. The summed E-state index contributed by atoms with van der Waals surface area (Å²) in [6, 6.07) is 2.22. The summed E-state index contributed by atoms with van der Waals surface area (Å²) in [5.41, 5.74) is 6.04. The van der Waals surface area contributed by atoms with Crippen LogP contribution in [0, 0.1) is 5.92 Å². The summed E-state index contributed by atoms with van der Waals surface area (Å²) in [7, 11) is 0. The molecule has 1 N–H and O–H groups in total. The van der Waals surface area contributed by atoms with Crippen LogP contribution < -0.4 is 0 Å². The number of hydrogen-bond acceptors (Lipinski definition) is 0. The van der Waals surface area contributed by atoms with E-state index in [1.807, 2.05) is 6.20 Å². The normalized spacial score (nSPS) is 19.6. The van der Waals surface area contributed by atoms with Gasteiger partial charge in [-0.05, 0) is 50.3 Å². The summed E-state index contributed by atoms with van der Waals surface area (Å²) in [4.78, 5) is 3.29. The molecule has 1 unspecified atom stereocenters. The Kier molecular flexibility index (Phi) is 4.46. The molecule has 1 aromatic rings. The summed E-state index contributed by atoms with van der Waals surface area (Å²) < 4.78 is 0. The third-order valence-electron chi connectivity index (χ3n) is 4.18. The monoisotopic (exact) mass is 243 g/mol. The molecule has 1 heterocycles. The van der Waals surface area contributed by atoms with E-state index >= 15 is 0 Å². The third kappa shape index (κ3) is 2.77. The number of aromatic nitrogens is 1. The number of aromatic amines is 1. The maximum absolute atomic E-state index is 3.29.